The van der Waals surface area contributed by atoms with Gasteiger partial charge in [0, 0.05) is 42.6 Å². The first-order valence-electron chi connectivity index (χ1n) is 14.1. The van der Waals surface area contributed by atoms with Gasteiger partial charge in [-0.1, -0.05) is 45.9 Å². The molecule has 1 saturated heterocycles. The van der Waals surface area contributed by atoms with Gasteiger partial charge in [-0.2, -0.15) is 0 Å². The highest BCUT2D eigenvalue weighted by Crippen LogP contribution is 2.68. The lowest BCUT2D eigenvalue weighted by Crippen LogP contribution is -2.59. The number of hydrogen-bond donors (Lipinski definition) is 1. The van der Waals surface area contributed by atoms with Crippen LogP contribution in [0.4, 0.5) is 24.7 Å². The van der Waals surface area contributed by atoms with E-state index < -0.39 is 23.8 Å². The molecule has 3 aromatic rings. The largest absolute Gasteiger partial charge is 0.489 e. The van der Waals surface area contributed by atoms with Crippen LogP contribution in [0.3, 0.4) is 0 Å². The highest BCUT2D eigenvalue weighted by Gasteiger charge is 2.69. The van der Waals surface area contributed by atoms with Crippen molar-refractivity contribution in [1.82, 2.24) is 14.9 Å². The van der Waals surface area contributed by atoms with Gasteiger partial charge < -0.3 is 19.9 Å². The highest BCUT2D eigenvalue weighted by molar-refractivity contribution is 5.94. The van der Waals surface area contributed by atoms with Crippen molar-refractivity contribution in [2.75, 3.05) is 36.5 Å². The minimum Gasteiger partial charge on any atom is -0.489 e. The number of carbonyl (C=O) groups excluding carboxylic acids is 1. The number of ether oxygens (including phenoxy) is 1. The Morgan fingerprint density at radius 1 is 1.10 bits per heavy atom. The number of hydrogen-bond acceptors (Lipinski definition) is 6. The molecule has 7 nitrogen and oxygen atoms in total. The number of nitrogens with one attached hydrogen (secondary N) is 1. The fourth-order valence-corrected chi connectivity index (χ4v) is 6.76. The van der Waals surface area contributed by atoms with Gasteiger partial charge in [0.15, 0.2) is 0 Å². The fourth-order valence-electron chi connectivity index (χ4n) is 6.76. The molecule has 1 amide bonds. The summed E-state index contributed by atoms with van der Waals surface area (Å²) in [7, 11) is 0. The molecule has 2 fully saturated rings. The number of anilines is 2. The SMILES string of the molecule is Cc1nc(N[C@H](C)c2cccc(C(F)F)c2F)c2cc3c(cc2n1)OC[C@H]1CN(C(=O)C2C(C)(C)C2(C)C)CCN31. The van der Waals surface area contributed by atoms with Gasteiger partial charge in [-0.15, -0.1) is 0 Å². The summed E-state index contributed by atoms with van der Waals surface area (Å²) >= 11 is 0. The molecule has 2 aliphatic heterocycles. The Kier molecular flexibility index (Phi) is 6.39. The van der Waals surface area contributed by atoms with E-state index >= 15 is 0 Å². The van der Waals surface area contributed by atoms with Gasteiger partial charge >= 0.3 is 0 Å². The van der Waals surface area contributed by atoms with Crippen LogP contribution in [0, 0.1) is 29.5 Å². The molecule has 0 bridgehead atoms. The molecular weight excluding hydrogens is 531 g/mol. The Morgan fingerprint density at radius 2 is 1.80 bits per heavy atom. The van der Waals surface area contributed by atoms with Gasteiger partial charge in [0.2, 0.25) is 5.91 Å². The maximum Gasteiger partial charge on any atom is 0.266 e. The second kappa shape index (κ2) is 9.49. The smallest absolute Gasteiger partial charge is 0.266 e. The van der Waals surface area contributed by atoms with Crippen LogP contribution in [0.5, 0.6) is 5.75 Å². The summed E-state index contributed by atoms with van der Waals surface area (Å²) in [6, 6.07) is 7.28. The van der Waals surface area contributed by atoms with Crippen LogP contribution in [0.2, 0.25) is 0 Å². The number of aryl methyl sites for hydroxylation is 1. The summed E-state index contributed by atoms with van der Waals surface area (Å²) in [4.78, 5) is 26.9. The van der Waals surface area contributed by atoms with E-state index in [1.807, 2.05) is 17.0 Å². The third-order valence-corrected chi connectivity index (χ3v) is 9.80. The number of halogens is 3. The van der Waals surface area contributed by atoms with E-state index in [2.05, 4.69) is 47.9 Å². The summed E-state index contributed by atoms with van der Waals surface area (Å²) in [6.07, 6.45) is -2.90. The van der Waals surface area contributed by atoms with Crippen molar-refractivity contribution in [3.63, 3.8) is 0 Å². The lowest BCUT2D eigenvalue weighted by atomic mass is 10.0. The Balaban J connectivity index is 1.28. The highest BCUT2D eigenvalue weighted by atomic mass is 19.3. The maximum absolute atomic E-state index is 14.9. The van der Waals surface area contributed by atoms with Crippen molar-refractivity contribution in [2.24, 2.45) is 16.7 Å². The van der Waals surface area contributed by atoms with Crippen molar-refractivity contribution >= 4 is 28.3 Å². The third kappa shape index (κ3) is 4.37. The number of benzene rings is 2. The Morgan fingerprint density at radius 3 is 2.49 bits per heavy atom. The number of aromatic nitrogens is 2. The van der Waals surface area contributed by atoms with Crippen molar-refractivity contribution in [1.29, 1.82) is 0 Å². The molecule has 0 spiro atoms. The lowest BCUT2D eigenvalue weighted by molar-refractivity contribution is -0.134. The zero-order chi connectivity index (χ0) is 29.4. The summed E-state index contributed by atoms with van der Waals surface area (Å²) in [5.41, 5.74) is 1.04. The zero-order valence-corrected chi connectivity index (χ0v) is 24.3. The van der Waals surface area contributed by atoms with Gasteiger partial charge in [-0.25, -0.2) is 23.1 Å². The van der Waals surface area contributed by atoms with Crippen molar-refractivity contribution < 1.29 is 22.7 Å². The van der Waals surface area contributed by atoms with E-state index in [0.717, 1.165) is 17.1 Å². The molecule has 218 valence electrons. The van der Waals surface area contributed by atoms with Crippen LogP contribution >= 0.6 is 0 Å². The van der Waals surface area contributed by atoms with Gasteiger partial charge in [0.05, 0.1) is 28.9 Å². The molecule has 1 aliphatic carbocycles. The average Bonchev–Trinajstić information content (AvgIpc) is 3.33. The molecule has 41 heavy (non-hydrogen) atoms. The number of nitrogens with zero attached hydrogens (tertiary/aromatic N) is 4. The van der Waals surface area contributed by atoms with E-state index in [4.69, 9.17) is 4.74 Å². The Bertz CT molecular complexity index is 1530. The van der Waals surface area contributed by atoms with E-state index in [-0.39, 0.29) is 34.3 Å². The Labute approximate surface area is 238 Å². The summed E-state index contributed by atoms with van der Waals surface area (Å²) in [5, 5.41) is 3.95. The van der Waals surface area contributed by atoms with Crippen molar-refractivity contribution in [3.05, 3.63) is 53.1 Å². The molecule has 2 aromatic carbocycles. The molecule has 6 rings (SSSR count). The molecule has 1 saturated carbocycles. The summed E-state index contributed by atoms with van der Waals surface area (Å²) in [6.45, 7) is 14.5. The predicted octanol–water partition coefficient (Wildman–Crippen LogP) is 6.28. The minimum atomic E-state index is -2.90. The summed E-state index contributed by atoms with van der Waals surface area (Å²) < 4.78 is 47.7. The normalized spacial score (nSPS) is 21.8. The molecule has 3 aliphatic rings. The van der Waals surface area contributed by atoms with Crippen molar-refractivity contribution in [3.8, 4) is 5.75 Å². The number of rotatable bonds is 5. The number of carbonyl (C=O) groups is 1. The van der Waals surface area contributed by atoms with Crippen LogP contribution in [0.25, 0.3) is 10.9 Å². The first-order valence-corrected chi connectivity index (χ1v) is 14.1. The molecular formula is C31H36F3N5O2. The quantitative estimate of drug-likeness (QED) is 0.391. The monoisotopic (exact) mass is 567 g/mol. The van der Waals surface area contributed by atoms with E-state index in [9.17, 15) is 18.0 Å². The number of alkyl halides is 2. The van der Waals surface area contributed by atoms with E-state index in [0.29, 0.717) is 49.1 Å². The van der Waals surface area contributed by atoms with Gasteiger partial charge in [-0.3, -0.25) is 4.79 Å². The fraction of sp³-hybridized carbons (Fsp3) is 0.516. The van der Waals surface area contributed by atoms with Crippen LogP contribution in [-0.4, -0.2) is 53.1 Å². The molecule has 10 heteroatoms. The van der Waals surface area contributed by atoms with Crippen LogP contribution in [0.15, 0.2) is 30.3 Å². The van der Waals surface area contributed by atoms with E-state index in [1.165, 1.54) is 12.1 Å². The average molecular weight is 568 g/mol. The second-order valence-corrected chi connectivity index (χ2v) is 12.7. The molecule has 1 aromatic heterocycles. The number of fused-ring (bicyclic) bond motifs is 4. The van der Waals surface area contributed by atoms with Crippen LogP contribution in [-0.2, 0) is 4.79 Å². The standard InChI is InChI=1S/C31H36F3N5O2/c1-16(19-8-7-9-20(25(19)32)27(33)34)35-28-21-12-23-24(13-22(21)36-17(2)37-28)41-15-18-14-38(10-11-39(18)23)29(40)26-30(3,4)31(26,5)6/h7-9,12-13,16,18,26-27H,10-11,14-15H2,1-6H3,(H,35,36,37)/t16-,18-/m1/s1. The number of amides is 1. The van der Waals surface area contributed by atoms with Crippen LogP contribution < -0.4 is 15.0 Å². The topological polar surface area (TPSA) is 70.6 Å². The van der Waals surface area contributed by atoms with Gasteiger partial charge in [0.25, 0.3) is 6.43 Å². The lowest BCUT2D eigenvalue weighted by Gasteiger charge is -2.46. The zero-order valence-electron chi connectivity index (χ0n) is 24.3. The van der Waals surface area contributed by atoms with Gasteiger partial charge in [-0.05, 0) is 30.7 Å². The minimum absolute atomic E-state index is 0.00973. The summed E-state index contributed by atoms with van der Waals surface area (Å²) in [5.74, 6) is 1.03. The van der Waals surface area contributed by atoms with Gasteiger partial charge in [0.1, 0.15) is 29.8 Å². The molecule has 2 atom stereocenters. The Hall–Kier alpha value is -3.56. The molecule has 3 heterocycles. The molecule has 0 unspecified atom stereocenters. The first-order chi connectivity index (χ1) is 19.3. The predicted molar refractivity (Wildman–Crippen MR) is 152 cm³/mol. The molecule has 0 radical (unpaired) electrons. The van der Waals surface area contributed by atoms with Crippen molar-refractivity contribution in [2.45, 2.75) is 60.1 Å². The van der Waals surface area contributed by atoms with Crippen LogP contribution in [0.1, 0.15) is 64.0 Å². The molecule has 1 N–H and O–H groups in total. The second-order valence-electron chi connectivity index (χ2n) is 12.7. The van der Waals surface area contributed by atoms with E-state index in [1.54, 1.807) is 13.8 Å². The first kappa shape index (κ1) is 27.6. The maximum atomic E-state index is 14.9. The third-order valence-electron chi connectivity index (χ3n) is 9.80. The number of piperazine rings is 1.